The molecule has 2 rings (SSSR count). The third-order valence-electron chi connectivity index (χ3n) is 2.48. The van der Waals surface area contributed by atoms with Crippen LogP contribution in [0.4, 0.5) is 4.39 Å². The van der Waals surface area contributed by atoms with Gasteiger partial charge >= 0.3 is 0 Å². The highest BCUT2D eigenvalue weighted by atomic mass is 35.5. The van der Waals surface area contributed by atoms with Crippen LogP contribution in [0.5, 0.6) is 0 Å². The van der Waals surface area contributed by atoms with Crippen molar-refractivity contribution in [2.24, 2.45) is 5.73 Å². The van der Waals surface area contributed by atoms with Crippen molar-refractivity contribution in [2.45, 2.75) is 19.4 Å². The molecular weight excluding hydrogens is 261 g/mol. The summed E-state index contributed by atoms with van der Waals surface area (Å²) in [4.78, 5) is 0.888. The predicted octanol–water partition coefficient (Wildman–Crippen LogP) is 2.88. The second-order valence-electron chi connectivity index (χ2n) is 3.77. The van der Waals surface area contributed by atoms with Crippen LogP contribution in [0.2, 0.25) is 5.02 Å². The Kier molecular flexibility index (Phi) is 3.71. The molecule has 0 spiro atoms. The van der Waals surface area contributed by atoms with Crippen molar-refractivity contribution in [1.82, 2.24) is 9.59 Å². The molecule has 0 aliphatic rings. The van der Waals surface area contributed by atoms with Gasteiger partial charge < -0.3 is 5.73 Å². The molecule has 1 atom stereocenters. The van der Waals surface area contributed by atoms with E-state index in [0.717, 1.165) is 10.6 Å². The monoisotopic (exact) mass is 271 g/mol. The number of aryl methyl sites for hydroxylation is 1. The van der Waals surface area contributed by atoms with Crippen LogP contribution in [0.15, 0.2) is 18.2 Å². The van der Waals surface area contributed by atoms with Gasteiger partial charge in [-0.15, -0.1) is 5.10 Å². The minimum atomic E-state index is -0.330. The zero-order valence-corrected chi connectivity index (χ0v) is 10.7. The number of benzene rings is 1. The van der Waals surface area contributed by atoms with Crippen LogP contribution < -0.4 is 5.73 Å². The fraction of sp³-hybridized carbons (Fsp3) is 0.273. The Morgan fingerprint density at radius 3 is 2.88 bits per heavy atom. The van der Waals surface area contributed by atoms with Crippen molar-refractivity contribution >= 4 is 23.1 Å². The average Bonchev–Trinajstić information content (AvgIpc) is 2.68. The van der Waals surface area contributed by atoms with Gasteiger partial charge in [0.15, 0.2) is 0 Å². The van der Waals surface area contributed by atoms with Crippen LogP contribution in [0, 0.1) is 12.7 Å². The zero-order valence-electron chi connectivity index (χ0n) is 9.15. The minimum absolute atomic E-state index is 0.286. The molecule has 90 valence electrons. The minimum Gasteiger partial charge on any atom is -0.323 e. The van der Waals surface area contributed by atoms with Gasteiger partial charge in [-0.05, 0) is 42.6 Å². The highest BCUT2D eigenvalue weighted by Crippen LogP contribution is 2.23. The normalized spacial score (nSPS) is 12.7. The summed E-state index contributed by atoms with van der Waals surface area (Å²) in [5.74, 6) is -0.330. The molecular formula is C11H11ClFN3S. The number of hydrogen-bond donors (Lipinski definition) is 1. The van der Waals surface area contributed by atoms with Gasteiger partial charge in [0.2, 0.25) is 0 Å². The van der Waals surface area contributed by atoms with Gasteiger partial charge in [-0.25, -0.2) is 4.39 Å². The molecule has 0 saturated carbocycles. The Morgan fingerprint density at radius 2 is 2.29 bits per heavy atom. The number of halogens is 2. The van der Waals surface area contributed by atoms with E-state index in [4.69, 9.17) is 17.3 Å². The maximum Gasteiger partial charge on any atom is 0.127 e. The molecule has 0 amide bonds. The van der Waals surface area contributed by atoms with Crippen molar-refractivity contribution < 1.29 is 4.39 Å². The van der Waals surface area contributed by atoms with E-state index in [2.05, 4.69) is 9.59 Å². The van der Waals surface area contributed by atoms with Crippen molar-refractivity contribution in [2.75, 3.05) is 0 Å². The molecule has 17 heavy (non-hydrogen) atoms. The first-order valence-electron chi connectivity index (χ1n) is 5.06. The molecule has 6 heteroatoms. The van der Waals surface area contributed by atoms with Crippen LogP contribution in [0.1, 0.15) is 22.2 Å². The van der Waals surface area contributed by atoms with Crippen LogP contribution in [-0.4, -0.2) is 9.59 Å². The predicted molar refractivity (Wildman–Crippen MR) is 66.7 cm³/mol. The molecule has 2 N–H and O–H groups in total. The largest absolute Gasteiger partial charge is 0.323 e. The lowest BCUT2D eigenvalue weighted by Crippen LogP contribution is -2.13. The second kappa shape index (κ2) is 5.08. The highest BCUT2D eigenvalue weighted by molar-refractivity contribution is 7.05. The van der Waals surface area contributed by atoms with E-state index >= 15 is 0 Å². The van der Waals surface area contributed by atoms with E-state index in [1.54, 1.807) is 12.1 Å². The Hall–Kier alpha value is -1.04. The van der Waals surface area contributed by atoms with E-state index < -0.39 is 0 Å². The quantitative estimate of drug-likeness (QED) is 0.934. The summed E-state index contributed by atoms with van der Waals surface area (Å²) in [6, 6.07) is 4.32. The van der Waals surface area contributed by atoms with Gasteiger partial charge in [-0.3, -0.25) is 0 Å². The van der Waals surface area contributed by atoms with Crippen LogP contribution >= 0.6 is 23.1 Å². The maximum absolute atomic E-state index is 13.6. The maximum atomic E-state index is 13.6. The molecule has 1 heterocycles. The summed E-state index contributed by atoms with van der Waals surface area (Å²) in [7, 11) is 0. The lowest BCUT2D eigenvalue weighted by atomic mass is 10.0. The lowest BCUT2D eigenvalue weighted by Gasteiger charge is -2.10. The van der Waals surface area contributed by atoms with Crippen molar-refractivity contribution in [3.05, 3.63) is 45.2 Å². The van der Waals surface area contributed by atoms with Crippen LogP contribution in [0.3, 0.4) is 0 Å². The standard InChI is InChI=1S/C11H11ClFN3S/c1-6-11(17-16-15-6)10(14)4-7-2-3-8(12)5-9(7)13/h2-3,5,10H,4,14H2,1H3. The first-order valence-corrected chi connectivity index (χ1v) is 6.21. The van der Waals surface area contributed by atoms with Gasteiger partial charge in [0.05, 0.1) is 10.6 Å². The smallest absolute Gasteiger partial charge is 0.127 e. The van der Waals surface area contributed by atoms with E-state index in [9.17, 15) is 4.39 Å². The Balaban J connectivity index is 2.19. The van der Waals surface area contributed by atoms with E-state index in [-0.39, 0.29) is 11.9 Å². The zero-order chi connectivity index (χ0) is 12.4. The molecule has 1 unspecified atom stereocenters. The Bertz CT molecular complexity index is 529. The first kappa shape index (κ1) is 12.4. The third kappa shape index (κ3) is 2.80. The number of nitrogens with zero attached hydrogens (tertiary/aromatic N) is 2. The first-order chi connectivity index (χ1) is 8.08. The number of aromatic nitrogens is 2. The SMILES string of the molecule is Cc1nnsc1C(N)Cc1ccc(Cl)cc1F. The Morgan fingerprint density at radius 1 is 1.53 bits per heavy atom. The molecule has 0 saturated heterocycles. The fourth-order valence-corrected chi connectivity index (χ4v) is 2.40. The van der Waals surface area contributed by atoms with Crippen molar-refractivity contribution in [3.8, 4) is 0 Å². The van der Waals surface area contributed by atoms with Crippen molar-refractivity contribution in [3.63, 3.8) is 0 Å². The molecule has 0 aliphatic carbocycles. The molecule has 1 aromatic heterocycles. The molecule has 3 nitrogen and oxygen atoms in total. The average molecular weight is 272 g/mol. The highest BCUT2D eigenvalue weighted by Gasteiger charge is 2.15. The Labute approximate surface area is 108 Å². The molecule has 0 fully saturated rings. The van der Waals surface area contributed by atoms with Gasteiger partial charge in [-0.1, -0.05) is 22.2 Å². The van der Waals surface area contributed by atoms with Crippen LogP contribution in [0.25, 0.3) is 0 Å². The van der Waals surface area contributed by atoms with Gasteiger partial charge in [0, 0.05) is 11.1 Å². The molecule has 2 aromatic rings. The van der Waals surface area contributed by atoms with Gasteiger partial charge in [0.1, 0.15) is 5.82 Å². The van der Waals surface area contributed by atoms with E-state index in [0.29, 0.717) is 17.0 Å². The number of rotatable bonds is 3. The number of nitrogens with two attached hydrogens (primary N) is 1. The molecule has 1 aromatic carbocycles. The molecule has 0 radical (unpaired) electrons. The van der Waals surface area contributed by atoms with Crippen molar-refractivity contribution in [1.29, 1.82) is 0 Å². The summed E-state index contributed by atoms with van der Waals surface area (Å²) in [5, 5.41) is 4.27. The number of hydrogen-bond acceptors (Lipinski definition) is 4. The third-order valence-corrected chi connectivity index (χ3v) is 3.67. The fourth-order valence-electron chi connectivity index (χ4n) is 1.59. The van der Waals surface area contributed by atoms with Gasteiger partial charge in [0.25, 0.3) is 0 Å². The second-order valence-corrected chi connectivity index (χ2v) is 4.99. The van der Waals surface area contributed by atoms with E-state index in [1.165, 1.54) is 17.6 Å². The van der Waals surface area contributed by atoms with Crippen LogP contribution in [-0.2, 0) is 6.42 Å². The van der Waals surface area contributed by atoms with E-state index in [1.807, 2.05) is 6.92 Å². The van der Waals surface area contributed by atoms with Gasteiger partial charge in [-0.2, -0.15) is 0 Å². The molecule has 0 bridgehead atoms. The summed E-state index contributed by atoms with van der Waals surface area (Å²) < 4.78 is 17.4. The molecule has 0 aliphatic heterocycles. The topological polar surface area (TPSA) is 51.8 Å². The summed E-state index contributed by atoms with van der Waals surface area (Å²) in [5.41, 5.74) is 7.36. The summed E-state index contributed by atoms with van der Waals surface area (Å²) in [6.45, 7) is 1.84. The lowest BCUT2D eigenvalue weighted by molar-refractivity contribution is 0.594. The summed E-state index contributed by atoms with van der Waals surface area (Å²) in [6.07, 6.45) is 0.410. The summed E-state index contributed by atoms with van der Waals surface area (Å²) >= 11 is 6.94.